The molecule has 1 aliphatic heterocycles. The number of hydrogen-bond donors (Lipinski definition) is 0. The number of hydrogen-bond acceptors (Lipinski definition) is 6. The number of ether oxygens (including phenoxy) is 3. The van der Waals surface area contributed by atoms with Crippen LogP contribution in [0.4, 0.5) is 0 Å². The second-order valence-electron chi connectivity index (χ2n) is 9.67. The van der Waals surface area contributed by atoms with Crippen molar-refractivity contribution in [2.75, 3.05) is 20.8 Å². The fraction of sp³-hybridized carbons (Fsp3) is 0.367. The molecule has 1 aliphatic rings. The number of carbonyl (C=O) groups is 2. The lowest BCUT2D eigenvalue weighted by Gasteiger charge is -2.32. The molecule has 1 aromatic heterocycles. The number of amides is 1. The molecule has 3 aromatic rings. The van der Waals surface area contributed by atoms with Crippen LogP contribution in [0.3, 0.4) is 0 Å². The molecular formula is C30H32BCl2N2O5. The number of esters is 1. The van der Waals surface area contributed by atoms with Crippen LogP contribution in [0.25, 0.3) is 0 Å². The van der Waals surface area contributed by atoms with Gasteiger partial charge in [0.1, 0.15) is 13.9 Å². The fourth-order valence-corrected chi connectivity index (χ4v) is 5.50. The predicted octanol–water partition coefficient (Wildman–Crippen LogP) is 6.05. The molecule has 1 unspecified atom stereocenters. The molecule has 209 valence electrons. The van der Waals surface area contributed by atoms with Gasteiger partial charge in [-0.15, -0.1) is 0 Å². The quantitative estimate of drug-likeness (QED) is 0.203. The van der Waals surface area contributed by atoms with Gasteiger partial charge in [-0.05, 0) is 48.6 Å². The molecule has 0 N–H and O–H groups in total. The molecule has 1 amide bonds. The van der Waals surface area contributed by atoms with E-state index in [1.54, 1.807) is 11.0 Å². The zero-order valence-corrected chi connectivity index (χ0v) is 24.6. The van der Waals surface area contributed by atoms with Crippen LogP contribution in [0, 0.1) is 6.92 Å². The predicted molar refractivity (Wildman–Crippen MR) is 157 cm³/mol. The zero-order valence-electron chi connectivity index (χ0n) is 23.1. The molecular weight excluding hydrogens is 550 g/mol. The van der Waals surface area contributed by atoms with E-state index in [9.17, 15) is 9.59 Å². The van der Waals surface area contributed by atoms with E-state index in [1.807, 2.05) is 44.1 Å². The summed E-state index contributed by atoms with van der Waals surface area (Å²) < 4.78 is 16.4. The van der Waals surface area contributed by atoms with Gasteiger partial charge in [-0.2, -0.15) is 0 Å². The number of benzene rings is 2. The second-order valence-corrected chi connectivity index (χ2v) is 10.5. The van der Waals surface area contributed by atoms with Crippen LogP contribution in [-0.4, -0.2) is 49.8 Å². The molecule has 0 aliphatic carbocycles. The Hall–Kier alpha value is -3.07. The number of methoxy groups -OCH3 is 2. The number of nitrogens with zero attached hydrogens (tertiary/aromatic N) is 2. The van der Waals surface area contributed by atoms with Gasteiger partial charge in [0.05, 0.1) is 24.2 Å². The Kier molecular flexibility index (Phi) is 10.1. The lowest BCUT2D eigenvalue weighted by molar-refractivity contribution is -0.152. The van der Waals surface area contributed by atoms with Crippen molar-refractivity contribution in [3.8, 4) is 5.88 Å². The minimum Gasteiger partial charge on any atom is -0.473 e. The van der Waals surface area contributed by atoms with Gasteiger partial charge in [-0.3, -0.25) is 4.79 Å². The summed E-state index contributed by atoms with van der Waals surface area (Å²) >= 11 is 13.3. The lowest BCUT2D eigenvalue weighted by atomic mass is 9.76. The molecule has 1 atom stereocenters. The Labute approximate surface area is 246 Å². The molecule has 40 heavy (non-hydrogen) atoms. The van der Waals surface area contributed by atoms with E-state index >= 15 is 0 Å². The van der Waals surface area contributed by atoms with Gasteiger partial charge in [-0.1, -0.05) is 66.7 Å². The van der Waals surface area contributed by atoms with Crippen LogP contribution in [0.5, 0.6) is 5.88 Å². The Morgan fingerprint density at radius 1 is 1.18 bits per heavy atom. The average Bonchev–Trinajstić information content (AvgIpc) is 2.96. The lowest BCUT2D eigenvalue weighted by Crippen LogP contribution is -2.38. The third-order valence-corrected chi connectivity index (χ3v) is 7.77. The van der Waals surface area contributed by atoms with E-state index < -0.39 is 12.1 Å². The normalized spacial score (nSPS) is 13.6. The highest BCUT2D eigenvalue weighted by Crippen LogP contribution is 2.39. The molecule has 0 bridgehead atoms. The summed E-state index contributed by atoms with van der Waals surface area (Å²) in [5.41, 5.74) is 5.00. The van der Waals surface area contributed by atoms with Crippen molar-refractivity contribution in [1.29, 1.82) is 0 Å². The molecule has 1 radical (unpaired) electrons. The van der Waals surface area contributed by atoms with Crippen molar-refractivity contribution in [2.45, 2.75) is 52.2 Å². The van der Waals surface area contributed by atoms with Gasteiger partial charge in [0.15, 0.2) is 6.10 Å². The Balaban J connectivity index is 1.68. The average molecular weight is 582 g/mol. The van der Waals surface area contributed by atoms with Gasteiger partial charge in [0, 0.05) is 35.5 Å². The van der Waals surface area contributed by atoms with Crippen LogP contribution < -0.4 is 4.74 Å². The molecule has 4 rings (SSSR count). The highest BCUT2D eigenvalue weighted by Gasteiger charge is 2.34. The minimum absolute atomic E-state index is 0.132. The summed E-state index contributed by atoms with van der Waals surface area (Å²) in [6.45, 7) is 5.11. The highest BCUT2D eigenvalue weighted by atomic mass is 35.5. The molecule has 10 heteroatoms. The maximum atomic E-state index is 13.9. The molecule has 0 spiro atoms. The topological polar surface area (TPSA) is 78.0 Å². The summed E-state index contributed by atoms with van der Waals surface area (Å²) in [4.78, 5) is 32.7. The molecule has 0 fully saturated rings. The van der Waals surface area contributed by atoms with Crippen LogP contribution in [0.1, 0.15) is 50.0 Å². The number of rotatable bonds is 11. The maximum Gasteiger partial charge on any atom is 0.339 e. The zero-order chi connectivity index (χ0) is 28.8. The van der Waals surface area contributed by atoms with E-state index in [0.717, 1.165) is 35.1 Å². The summed E-state index contributed by atoms with van der Waals surface area (Å²) in [5, 5.41) is 0.489. The van der Waals surface area contributed by atoms with Crippen LogP contribution in [0.15, 0.2) is 42.5 Å². The number of halogens is 2. The van der Waals surface area contributed by atoms with Crippen molar-refractivity contribution < 1.29 is 23.8 Å². The SMILES string of the molecule is C[B]CCc1cc(C)c(CN2CCc3c(Cl)cc(C(OC)C(=O)OC)c(Cl)c3C2=O)c(OCc2ccccc2)n1. The van der Waals surface area contributed by atoms with Crippen molar-refractivity contribution in [3.63, 3.8) is 0 Å². The first-order valence-electron chi connectivity index (χ1n) is 13.1. The Morgan fingerprint density at radius 2 is 1.93 bits per heavy atom. The number of aromatic nitrogens is 1. The summed E-state index contributed by atoms with van der Waals surface area (Å²) in [7, 11) is 4.74. The van der Waals surface area contributed by atoms with Crippen molar-refractivity contribution in [3.05, 3.63) is 91.6 Å². The molecule has 0 saturated heterocycles. The van der Waals surface area contributed by atoms with Gasteiger partial charge < -0.3 is 19.1 Å². The smallest absolute Gasteiger partial charge is 0.339 e. The summed E-state index contributed by atoms with van der Waals surface area (Å²) in [5.74, 6) is -0.410. The van der Waals surface area contributed by atoms with Gasteiger partial charge in [-0.25, -0.2) is 9.78 Å². The molecule has 2 aromatic carbocycles. The highest BCUT2D eigenvalue weighted by molar-refractivity contribution is 6.37. The second kappa shape index (κ2) is 13.5. The molecule has 0 saturated carbocycles. The summed E-state index contributed by atoms with van der Waals surface area (Å²) in [6.07, 6.45) is 1.10. The van der Waals surface area contributed by atoms with E-state index in [4.69, 9.17) is 42.4 Å². The number of fused-ring (bicyclic) bond motifs is 1. The van der Waals surface area contributed by atoms with E-state index in [2.05, 4.69) is 13.3 Å². The molecule has 2 heterocycles. The standard InChI is InChI=1S/C30H32BCl2N2O5/c1-18-14-20(10-12-31-2)34-28(40-17-19-8-6-5-7-9-19)23(18)16-35-13-11-21-24(32)15-22(26(33)25(21)29(35)36)27(38-3)30(37)39-4/h5-9,14-15,27H,10-13,16-17H2,1-4H3. The van der Waals surface area contributed by atoms with Crippen LogP contribution in [-0.2, 0) is 40.3 Å². The first-order chi connectivity index (χ1) is 19.3. The first-order valence-corrected chi connectivity index (χ1v) is 13.9. The maximum absolute atomic E-state index is 13.9. The van der Waals surface area contributed by atoms with Gasteiger partial charge in [0.2, 0.25) is 5.88 Å². The van der Waals surface area contributed by atoms with E-state index in [0.29, 0.717) is 36.0 Å². The number of carbonyl (C=O) groups excluding carboxylic acids is 2. The molecule has 7 nitrogen and oxygen atoms in total. The van der Waals surface area contributed by atoms with Crippen molar-refractivity contribution in [2.24, 2.45) is 0 Å². The summed E-state index contributed by atoms with van der Waals surface area (Å²) in [6, 6.07) is 13.5. The van der Waals surface area contributed by atoms with Crippen molar-refractivity contribution >= 4 is 42.4 Å². The minimum atomic E-state index is -1.11. The van der Waals surface area contributed by atoms with Crippen molar-refractivity contribution in [1.82, 2.24) is 9.88 Å². The fourth-order valence-electron chi connectivity index (χ4n) is 4.84. The number of pyridine rings is 1. The Bertz CT molecular complexity index is 1390. The van der Waals surface area contributed by atoms with Crippen LogP contribution in [0.2, 0.25) is 23.2 Å². The first kappa shape index (κ1) is 29.9. The van der Waals surface area contributed by atoms with E-state index in [-0.39, 0.29) is 28.6 Å². The van der Waals surface area contributed by atoms with Crippen LogP contribution >= 0.6 is 23.2 Å². The monoisotopic (exact) mass is 581 g/mol. The number of aryl methyl sites for hydroxylation is 2. The van der Waals surface area contributed by atoms with Gasteiger partial charge >= 0.3 is 5.97 Å². The van der Waals surface area contributed by atoms with Gasteiger partial charge in [0.25, 0.3) is 5.91 Å². The third kappa shape index (κ3) is 6.46. The van der Waals surface area contributed by atoms with E-state index in [1.165, 1.54) is 14.2 Å². The largest absolute Gasteiger partial charge is 0.473 e. The Morgan fingerprint density at radius 3 is 2.60 bits per heavy atom. The third-order valence-electron chi connectivity index (χ3n) is 7.03.